The number of benzene rings is 1. The van der Waals surface area contributed by atoms with E-state index in [1.165, 1.54) is 23.5 Å². The first-order valence-electron chi connectivity index (χ1n) is 13.0. The zero-order valence-corrected chi connectivity index (χ0v) is 23.9. The molecule has 0 spiro atoms. The summed E-state index contributed by atoms with van der Waals surface area (Å²) in [5.41, 5.74) is 1.10. The van der Waals surface area contributed by atoms with Gasteiger partial charge in [0.15, 0.2) is 26.8 Å². The zero-order chi connectivity index (χ0) is 28.1. The van der Waals surface area contributed by atoms with Crippen molar-refractivity contribution in [1.29, 1.82) is 0 Å². The Morgan fingerprint density at radius 2 is 1.98 bits per heavy atom. The maximum absolute atomic E-state index is 13.3. The van der Waals surface area contributed by atoms with E-state index in [2.05, 4.69) is 20.4 Å². The second-order valence-electron chi connectivity index (χ2n) is 9.80. The van der Waals surface area contributed by atoms with E-state index in [0.29, 0.717) is 61.4 Å². The summed E-state index contributed by atoms with van der Waals surface area (Å²) in [6, 6.07) is 11.6. The van der Waals surface area contributed by atoms with Gasteiger partial charge in [0.2, 0.25) is 5.88 Å². The van der Waals surface area contributed by atoms with Crippen LogP contribution in [0.2, 0.25) is 0 Å². The number of aromatic nitrogens is 2. The molecule has 2 fully saturated rings. The van der Waals surface area contributed by atoms with Gasteiger partial charge in [-0.3, -0.25) is 10.1 Å². The number of anilines is 1. The van der Waals surface area contributed by atoms with Gasteiger partial charge in [0, 0.05) is 30.8 Å². The highest BCUT2D eigenvalue weighted by Gasteiger charge is 2.36. The first-order chi connectivity index (χ1) is 19.3. The molecule has 3 aromatic rings. The number of carbonyl (C=O) groups excluding carboxylic acids is 1. The molecule has 0 radical (unpaired) electrons. The minimum absolute atomic E-state index is 0.00781. The Labute approximate surface area is 237 Å². The lowest BCUT2D eigenvalue weighted by molar-refractivity contribution is -0.110. The standard InChI is InChI=1S/C27H31N5O6S2/c1-32(2)13-15-37-24-5-3-4-22(29-24)23-16-28-27(39-23)30-26(33)25(31-38-19-12-14-36-17-19)18-6-8-20(9-7-18)40(34,35)21-10-11-21/h3-9,16,19,21H,10-15,17H2,1-2H3,(H,28,30,33)/t19-/m1/s1. The van der Waals surface area contributed by atoms with E-state index in [0.717, 1.165) is 11.4 Å². The number of rotatable bonds is 12. The topological polar surface area (TPSA) is 132 Å². The number of ether oxygens (including phenoxy) is 2. The highest BCUT2D eigenvalue weighted by molar-refractivity contribution is 7.92. The van der Waals surface area contributed by atoms with Gasteiger partial charge in [-0.05, 0) is 45.1 Å². The molecule has 3 heterocycles. The molecule has 5 rings (SSSR count). The first-order valence-corrected chi connectivity index (χ1v) is 15.3. The lowest BCUT2D eigenvalue weighted by Gasteiger charge is -2.11. The van der Waals surface area contributed by atoms with Crippen molar-refractivity contribution < 1.29 is 27.5 Å². The Kier molecular flexibility index (Phi) is 8.74. The molecular weight excluding hydrogens is 554 g/mol. The molecule has 1 amide bonds. The van der Waals surface area contributed by atoms with Crippen LogP contribution >= 0.6 is 11.3 Å². The quantitative estimate of drug-likeness (QED) is 0.251. The number of likely N-dealkylation sites (N-methyl/N-ethyl adjacent to an activating group) is 1. The average Bonchev–Trinajstić information content (AvgIpc) is 3.49. The fourth-order valence-corrected chi connectivity index (χ4v) is 6.33. The Morgan fingerprint density at radius 1 is 1.18 bits per heavy atom. The number of nitrogens with one attached hydrogen (secondary N) is 1. The third kappa shape index (κ3) is 7.02. The smallest absolute Gasteiger partial charge is 0.280 e. The van der Waals surface area contributed by atoms with Crippen LogP contribution < -0.4 is 10.1 Å². The summed E-state index contributed by atoms with van der Waals surface area (Å²) >= 11 is 1.26. The maximum atomic E-state index is 13.3. The van der Waals surface area contributed by atoms with Crippen LogP contribution in [0, 0.1) is 0 Å². The van der Waals surface area contributed by atoms with Crippen molar-refractivity contribution in [2.45, 2.75) is 35.5 Å². The third-order valence-corrected chi connectivity index (χ3v) is 9.52. The number of carbonyl (C=O) groups is 1. The van der Waals surface area contributed by atoms with Crippen LogP contribution in [-0.4, -0.2) is 86.7 Å². The molecule has 2 aliphatic rings. The van der Waals surface area contributed by atoms with Gasteiger partial charge in [0.25, 0.3) is 5.91 Å². The summed E-state index contributed by atoms with van der Waals surface area (Å²) in [5.74, 6) is -0.0284. The van der Waals surface area contributed by atoms with Crippen LogP contribution in [0.3, 0.4) is 0 Å². The van der Waals surface area contributed by atoms with Crippen LogP contribution in [0.25, 0.3) is 10.6 Å². The molecule has 1 N–H and O–H groups in total. The molecule has 1 aromatic carbocycles. The molecule has 0 unspecified atom stereocenters. The van der Waals surface area contributed by atoms with Gasteiger partial charge < -0.3 is 19.2 Å². The first kappa shape index (κ1) is 28.1. The Morgan fingerprint density at radius 3 is 2.67 bits per heavy atom. The van der Waals surface area contributed by atoms with E-state index in [1.807, 2.05) is 31.1 Å². The van der Waals surface area contributed by atoms with Gasteiger partial charge in [-0.25, -0.2) is 18.4 Å². The minimum Gasteiger partial charge on any atom is -0.476 e. The Bertz CT molecular complexity index is 1460. The van der Waals surface area contributed by atoms with Gasteiger partial charge in [0.05, 0.1) is 33.9 Å². The summed E-state index contributed by atoms with van der Waals surface area (Å²) in [6.07, 6.45) is 3.39. The van der Waals surface area contributed by atoms with Crippen LogP contribution in [0.1, 0.15) is 24.8 Å². The Hall–Kier alpha value is -3.39. The number of nitrogens with zero attached hydrogens (tertiary/aromatic N) is 4. The number of amides is 1. The number of hydrogen-bond acceptors (Lipinski definition) is 11. The normalized spacial score (nSPS) is 17.7. The highest BCUT2D eigenvalue weighted by atomic mass is 32.2. The number of thiazole rings is 1. The lowest BCUT2D eigenvalue weighted by Crippen LogP contribution is -2.25. The largest absolute Gasteiger partial charge is 0.476 e. The summed E-state index contributed by atoms with van der Waals surface area (Å²) in [7, 11) is 0.593. The van der Waals surface area contributed by atoms with Crippen molar-refractivity contribution in [2.24, 2.45) is 5.16 Å². The zero-order valence-electron chi connectivity index (χ0n) is 22.3. The van der Waals surface area contributed by atoms with E-state index >= 15 is 0 Å². The van der Waals surface area contributed by atoms with Crippen molar-refractivity contribution in [3.8, 4) is 16.5 Å². The van der Waals surface area contributed by atoms with Crippen LogP contribution in [-0.2, 0) is 24.2 Å². The summed E-state index contributed by atoms with van der Waals surface area (Å²) in [4.78, 5) is 30.8. The van der Waals surface area contributed by atoms with Crippen molar-refractivity contribution in [2.75, 3.05) is 45.8 Å². The molecule has 40 heavy (non-hydrogen) atoms. The third-order valence-electron chi connectivity index (χ3n) is 6.31. The van der Waals surface area contributed by atoms with Crippen molar-refractivity contribution in [3.05, 3.63) is 54.2 Å². The molecule has 1 saturated heterocycles. The second kappa shape index (κ2) is 12.4. The molecular formula is C27H31N5O6S2. The minimum atomic E-state index is -3.35. The molecule has 11 nitrogen and oxygen atoms in total. The number of pyridine rings is 1. The maximum Gasteiger partial charge on any atom is 0.280 e. The molecule has 0 bridgehead atoms. The van der Waals surface area contributed by atoms with E-state index < -0.39 is 15.7 Å². The Balaban J connectivity index is 1.31. The second-order valence-corrected chi connectivity index (χ2v) is 13.1. The average molecular weight is 586 g/mol. The van der Waals surface area contributed by atoms with Gasteiger partial charge in [-0.2, -0.15) is 0 Å². The molecule has 13 heteroatoms. The molecule has 1 saturated carbocycles. The fraction of sp³-hybridized carbons (Fsp3) is 0.407. The molecule has 212 valence electrons. The molecule has 1 aliphatic heterocycles. The van der Waals surface area contributed by atoms with E-state index in [1.54, 1.807) is 24.4 Å². The highest BCUT2D eigenvalue weighted by Crippen LogP contribution is 2.33. The van der Waals surface area contributed by atoms with Gasteiger partial charge in [-0.15, -0.1) is 0 Å². The van der Waals surface area contributed by atoms with E-state index in [-0.39, 0.29) is 22.0 Å². The van der Waals surface area contributed by atoms with E-state index in [4.69, 9.17) is 14.3 Å². The van der Waals surface area contributed by atoms with Crippen molar-refractivity contribution >= 4 is 37.9 Å². The van der Waals surface area contributed by atoms with Crippen LogP contribution in [0.4, 0.5) is 5.13 Å². The van der Waals surface area contributed by atoms with Gasteiger partial charge in [0.1, 0.15) is 6.61 Å². The monoisotopic (exact) mass is 585 g/mol. The number of oxime groups is 1. The van der Waals surface area contributed by atoms with Crippen molar-refractivity contribution in [3.63, 3.8) is 0 Å². The summed E-state index contributed by atoms with van der Waals surface area (Å²) in [6.45, 7) is 2.23. The van der Waals surface area contributed by atoms with Crippen LogP contribution in [0.5, 0.6) is 5.88 Å². The summed E-state index contributed by atoms with van der Waals surface area (Å²) < 4.78 is 36.3. The number of sulfone groups is 1. The van der Waals surface area contributed by atoms with Gasteiger partial charge in [-0.1, -0.05) is 34.7 Å². The van der Waals surface area contributed by atoms with Crippen molar-refractivity contribution in [1.82, 2.24) is 14.9 Å². The molecule has 2 aromatic heterocycles. The SMILES string of the molecule is CN(C)CCOc1cccc(-c2cnc(NC(=O)C(=NO[C@@H]3CCOC3)c3ccc(S(=O)(=O)C4CC4)cc3)s2)n1. The van der Waals surface area contributed by atoms with E-state index in [9.17, 15) is 13.2 Å². The molecule has 1 atom stereocenters. The predicted octanol–water partition coefficient (Wildman–Crippen LogP) is 3.23. The fourth-order valence-electron chi connectivity index (χ4n) is 3.89. The molecule has 1 aliphatic carbocycles. The lowest BCUT2D eigenvalue weighted by atomic mass is 10.1. The number of hydrogen-bond donors (Lipinski definition) is 1. The van der Waals surface area contributed by atoms with Gasteiger partial charge >= 0.3 is 0 Å². The summed E-state index contributed by atoms with van der Waals surface area (Å²) in [5, 5.41) is 6.96. The van der Waals surface area contributed by atoms with Crippen LogP contribution in [0.15, 0.2) is 58.7 Å². The predicted molar refractivity (Wildman–Crippen MR) is 152 cm³/mol.